The van der Waals surface area contributed by atoms with Crippen molar-refractivity contribution in [1.82, 2.24) is 4.90 Å². The van der Waals surface area contributed by atoms with Gasteiger partial charge in [0, 0.05) is 6.54 Å². The molecule has 0 atom stereocenters. The summed E-state index contributed by atoms with van der Waals surface area (Å²) in [4.78, 5) is 14.7. The molecule has 0 bridgehead atoms. The number of Topliss-reactive ketones (excluding diaryl/α,β-unsaturated/α-hetero) is 1. The van der Waals surface area contributed by atoms with Gasteiger partial charge in [-0.3, -0.25) is 9.69 Å². The number of rotatable bonds is 5. The maximum Gasteiger partial charge on any atom is 0.231 e. The third kappa shape index (κ3) is 3.42. The van der Waals surface area contributed by atoms with E-state index in [4.69, 9.17) is 4.74 Å². The maximum atomic E-state index is 13.0. The van der Waals surface area contributed by atoms with Crippen LogP contribution in [0.2, 0.25) is 0 Å². The van der Waals surface area contributed by atoms with Crippen LogP contribution in [-0.2, 0) is 6.54 Å². The van der Waals surface area contributed by atoms with Gasteiger partial charge in [0.25, 0.3) is 0 Å². The molecule has 0 unspecified atom stereocenters. The molecule has 3 rings (SSSR count). The monoisotopic (exact) mass is 341 g/mol. The number of phenolic OH excluding ortho intramolecular Hbond substituents is 1. The normalized spacial score (nSPS) is 14.9. The lowest BCUT2D eigenvalue weighted by Gasteiger charge is -2.20. The van der Waals surface area contributed by atoms with Crippen LogP contribution in [0.3, 0.4) is 0 Å². The van der Waals surface area contributed by atoms with Crippen molar-refractivity contribution in [3.05, 3.63) is 64.7 Å². The number of ketones is 1. The van der Waals surface area contributed by atoms with E-state index in [-0.39, 0.29) is 23.1 Å². The number of benzene rings is 2. The third-order valence-electron chi connectivity index (χ3n) is 4.36. The Balaban J connectivity index is 1.96. The fourth-order valence-corrected chi connectivity index (χ4v) is 2.83. The third-order valence-corrected chi connectivity index (χ3v) is 4.36. The number of ether oxygens (including phenoxy) is 1. The van der Waals surface area contributed by atoms with Crippen LogP contribution in [0.4, 0.5) is 4.39 Å². The van der Waals surface area contributed by atoms with E-state index < -0.39 is 0 Å². The number of fused-ring (bicyclic) bond motifs is 1. The van der Waals surface area contributed by atoms with Crippen molar-refractivity contribution in [2.24, 2.45) is 0 Å². The van der Waals surface area contributed by atoms with E-state index in [1.54, 1.807) is 24.3 Å². The zero-order valence-corrected chi connectivity index (χ0v) is 14.3. The van der Waals surface area contributed by atoms with Gasteiger partial charge in [-0.15, -0.1) is 0 Å². The summed E-state index contributed by atoms with van der Waals surface area (Å²) in [5.74, 6) is 0.121. The Hall–Kier alpha value is -2.66. The summed E-state index contributed by atoms with van der Waals surface area (Å²) in [7, 11) is 0. The van der Waals surface area contributed by atoms with E-state index in [9.17, 15) is 14.3 Å². The summed E-state index contributed by atoms with van der Waals surface area (Å²) >= 11 is 0. The van der Waals surface area contributed by atoms with Gasteiger partial charge >= 0.3 is 0 Å². The van der Waals surface area contributed by atoms with Gasteiger partial charge in [0.1, 0.15) is 17.3 Å². The zero-order valence-electron chi connectivity index (χ0n) is 14.3. The average molecular weight is 341 g/mol. The molecule has 0 saturated carbocycles. The second-order valence-electron chi connectivity index (χ2n) is 5.89. The first kappa shape index (κ1) is 17.2. The van der Waals surface area contributed by atoms with Crippen LogP contribution >= 0.6 is 0 Å². The smallest absolute Gasteiger partial charge is 0.231 e. The van der Waals surface area contributed by atoms with Crippen molar-refractivity contribution in [2.75, 3.05) is 13.1 Å². The summed E-state index contributed by atoms with van der Waals surface area (Å²) in [6.45, 7) is 6.22. The molecular weight excluding hydrogens is 321 g/mol. The number of nitrogens with zero attached hydrogens (tertiary/aromatic N) is 1. The molecule has 0 saturated heterocycles. The Morgan fingerprint density at radius 1 is 1.12 bits per heavy atom. The largest absolute Gasteiger partial charge is 0.507 e. The molecule has 4 nitrogen and oxygen atoms in total. The minimum atomic E-state index is -0.337. The topological polar surface area (TPSA) is 49.8 Å². The Kier molecular flexibility index (Phi) is 4.86. The second-order valence-corrected chi connectivity index (χ2v) is 5.89. The van der Waals surface area contributed by atoms with Gasteiger partial charge < -0.3 is 9.84 Å². The molecule has 25 heavy (non-hydrogen) atoms. The highest BCUT2D eigenvalue weighted by molar-refractivity contribution is 6.15. The average Bonchev–Trinajstić information content (AvgIpc) is 2.92. The van der Waals surface area contributed by atoms with E-state index in [0.29, 0.717) is 29.0 Å². The highest BCUT2D eigenvalue weighted by Crippen LogP contribution is 2.40. The molecule has 0 spiro atoms. The van der Waals surface area contributed by atoms with E-state index in [1.165, 1.54) is 18.2 Å². The summed E-state index contributed by atoms with van der Waals surface area (Å²) in [5.41, 5.74) is 1.72. The number of allylic oxidation sites excluding steroid dienone is 1. The molecule has 0 radical (unpaired) electrons. The lowest BCUT2D eigenvalue weighted by Crippen LogP contribution is -2.22. The SMILES string of the molecule is CCN(CC)Cc1c(O)ccc2c1O/C(=C/c1ccc(F)cc1)C2=O. The highest BCUT2D eigenvalue weighted by Gasteiger charge is 2.31. The van der Waals surface area contributed by atoms with Gasteiger partial charge in [0.05, 0.1) is 11.1 Å². The van der Waals surface area contributed by atoms with Crippen LogP contribution in [0.1, 0.15) is 35.3 Å². The number of hydrogen-bond acceptors (Lipinski definition) is 4. The van der Waals surface area contributed by atoms with Crippen LogP contribution < -0.4 is 4.74 Å². The Bertz CT molecular complexity index is 824. The summed E-state index contributed by atoms with van der Waals surface area (Å²) in [6.07, 6.45) is 1.58. The molecule has 2 aromatic carbocycles. The molecule has 0 fully saturated rings. The first-order valence-corrected chi connectivity index (χ1v) is 8.30. The van der Waals surface area contributed by atoms with E-state index in [0.717, 1.165) is 13.1 Å². The molecule has 0 amide bonds. The first-order chi connectivity index (χ1) is 12.0. The molecular formula is C20H20FNO3. The second kappa shape index (κ2) is 7.07. The molecule has 5 heteroatoms. The van der Waals surface area contributed by atoms with Gasteiger partial charge in [-0.2, -0.15) is 0 Å². The van der Waals surface area contributed by atoms with Crippen molar-refractivity contribution in [2.45, 2.75) is 20.4 Å². The Morgan fingerprint density at radius 2 is 1.80 bits per heavy atom. The van der Waals surface area contributed by atoms with Crippen LogP contribution in [0.15, 0.2) is 42.2 Å². The lowest BCUT2D eigenvalue weighted by molar-refractivity contribution is 0.101. The highest BCUT2D eigenvalue weighted by atomic mass is 19.1. The summed E-state index contributed by atoms with van der Waals surface area (Å²) < 4.78 is 18.8. The molecule has 2 aromatic rings. The maximum absolute atomic E-state index is 13.0. The molecule has 0 aromatic heterocycles. The summed E-state index contributed by atoms with van der Waals surface area (Å²) in [5, 5.41) is 10.2. The van der Waals surface area contributed by atoms with Crippen molar-refractivity contribution in [3.8, 4) is 11.5 Å². The van der Waals surface area contributed by atoms with Gasteiger partial charge in [0.15, 0.2) is 5.76 Å². The standard InChI is InChI=1S/C20H20FNO3/c1-3-22(4-2)12-16-17(23)10-9-15-19(24)18(25-20(15)16)11-13-5-7-14(21)8-6-13/h5-11,23H,3-4,12H2,1-2H3/b18-11+. The van der Waals surface area contributed by atoms with Crippen molar-refractivity contribution in [3.63, 3.8) is 0 Å². The lowest BCUT2D eigenvalue weighted by atomic mass is 10.0. The fourth-order valence-electron chi connectivity index (χ4n) is 2.83. The number of aromatic hydroxyl groups is 1. The van der Waals surface area contributed by atoms with Crippen molar-refractivity contribution >= 4 is 11.9 Å². The predicted molar refractivity (Wildman–Crippen MR) is 94.1 cm³/mol. The van der Waals surface area contributed by atoms with Crippen molar-refractivity contribution in [1.29, 1.82) is 0 Å². The number of hydrogen-bond donors (Lipinski definition) is 1. The Morgan fingerprint density at radius 3 is 2.44 bits per heavy atom. The number of halogens is 1. The minimum Gasteiger partial charge on any atom is -0.507 e. The zero-order chi connectivity index (χ0) is 18.0. The van der Waals surface area contributed by atoms with Crippen LogP contribution in [0.5, 0.6) is 11.5 Å². The van der Waals surface area contributed by atoms with Gasteiger partial charge in [-0.1, -0.05) is 26.0 Å². The van der Waals surface area contributed by atoms with E-state index >= 15 is 0 Å². The van der Waals surface area contributed by atoms with Crippen LogP contribution in [0.25, 0.3) is 6.08 Å². The van der Waals surface area contributed by atoms with Crippen LogP contribution in [0, 0.1) is 5.82 Å². The molecule has 1 N–H and O–H groups in total. The predicted octanol–water partition coefficient (Wildman–Crippen LogP) is 3.99. The molecule has 130 valence electrons. The minimum absolute atomic E-state index is 0.112. The number of carbonyl (C=O) groups excluding carboxylic acids is 1. The number of carbonyl (C=O) groups is 1. The number of phenols is 1. The molecule has 0 aliphatic carbocycles. The first-order valence-electron chi connectivity index (χ1n) is 8.30. The summed E-state index contributed by atoms with van der Waals surface area (Å²) in [6, 6.07) is 8.92. The quantitative estimate of drug-likeness (QED) is 0.836. The van der Waals surface area contributed by atoms with Gasteiger partial charge in [-0.05, 0) is 49.0 Å². The van der Waals surface area contributed by atoms with E-state index in [2.05, 4.69) is 4.90 Å². The molecule has 1 aliphatic heterocycles. The Labute approximate surface area is 146 Å². The van der Waals surface area contributed by atoms with Gasteiger partial charge in [-0.25, -0.2) is 4.39 Å². The van der Waals surface area contributed by atoms with Crippen LogP contribution in [-0.4, -0.2) is 28.9 Å². The van der Waals surface area contributed by atoms with Gasteiger partial charge in [0.2, 0.25) is 5.78 Å². The van der Waals surface area contributed by atoms with Crippen molar-refractivity contribution < 1.29 is 19.0 Å². The molecule has 1 heterocycles. The fraction of sp³-hybridized carbons (Fsp3) is 0.250. The molecule has 1 aliphatic rings. The van der Waals surface area contributed by atoms with E-state index in [1.807, 2.05) is 13.8 Å².